The quantitative estimate of drug-likeness (QED) is 0.844. The monoisotopic (exact) mass is 335 g/mol. The van der Waals surface area contributed by atoms with Crippen molar-refractivity contribution in [1.82, 2.24) is 4.72 Å². The lowest BCUT2D eigenvalue weighted by molar-refractivity contribution is 0.398. The lowest BCUT2D eigenvalue weighted by Gasteiger charge is -2.11. The minimum absolute atomic E-state index is 0.265. The van der Waals surface area contributed by atoms with Crippen LogP contribution in [0.1, 0.15) is 11.1 Å². The third kappa shape index (κ3) is 4.46. The molecule has 0 aromatic heterocycles. The van der Waals surface area contributed by atoms with Crippen molar-refractivity contribution < 1.29 is 17.9 Å². The van der Waals surface area contributed by atoms with Gasteiger partial charge in [-0.2, -0.15) is 0 Å². The molecule has 5 nitrogen and oxygen atoms in total. The molecule has 124 valence electrons. The summed E-state index contributed by atoms with van der Waals surface area (Å²) in [7, 11) is -0.330. The predicted octanol–water partition coefficient (Wildman–Crippen LogP) is 2.53. The molecule has 0 fully saturated rings. The Balaban J connectivity index is 2.05. The zero-order valence-corrected chi connectivity index (χ0v) is 14.3. The Bertz CT molecular complexity index is 755. The largest absolute Gasteiger partial charge is 0.497 e. The maximum Gasteiger partial charge on any atom is 0.240 e. The molecule has 2 rings (SSSR count). The Morgan fingerprint density at radius 2 is 1.70 bits per heavy atom. The van der Waals surface area contributed by atoms with Crippen molar-refractivity contribution in [3.05, 3.63) is 53.6 Å². The van der Waals surface area contributed by atoms with Gasteiger partial charge in [-0.1, -0.05) is 17.7 Å². The van der Waals surface area contributed by atoms with Gasteiger partial charge in [0.05, 0.1) is 19.1 Å². The normalized spacial score (nSPS) is 11.3. The third-order valence-electron chi connectivity index (χ3n) is 3.51. The van der Waals surface area contributed by atoms with E-state index in [9.17, 15) is 8.42 Å². The van der Waals surface area contributed by atoms with E-state index in [4.69, 9.17) is 9.47 Å². The number of hydrogen-bond donors (Lipinski definition) is 1. The van der Waals surface area contributed by atoms with Crippen LogP contribution in [0.3, 0.4) is 0 Å². The van der Waals surface area contributed by atoms with Crippen molar-refractivity contribution in [2.24, 2.45) is 0 Å². The first-order valence-electron chi connectivity index (χ1n) is 7.23. The van der Waals surface area contributed by atoms with E-state index < -0.39 is 10.0 Å². The van der Waals surface area contributed by atoms with E-state index in [1.807, 2.05) is 19.1 Å². The van der Waals surface area contributed by atoms with Crippen molar-refractivity contribution in [3.63, 3.8) is 0 Å². The highest BCUT2D eigenvalue weighted by Crippen LogP contribution is 2.24. The van der Waals surface area contributed by atoms with Crippen molar-refractivity contribution in [1.29, 1.82) is 0 Å². The Kier molecular flexibility index (Phi) is 5.63. The topological polar surface area (TPSA) is 64.6 Å². The summed E-state index contributed by atoms with van der Waals surface area (Å²) in [6.07, 6.45) is 0.505. The van der Waals surface area contributed by atoms with Gasteiger partial charge in [-0.15, -0.1) is 0 Å². The molecule has 0 spiro atoms. The SMILES string of the molecule is COc1ccc(OC)c(CCNS(=O)(=O)c2ccc(C)cc2)c1. The molecule has 23 heavy (non-hydrogen) atoms. The summed E-state index contributed by atoms with van der Waals surface area (Å²) < 4.78 is 37.6. The molecule has 0 aliphatic rings. The van der Waals surface area contributed by atoms with Gasteiger partial charge in [0.15, 0.2) is 0 Å². The fourth-order valence-electron chi connectivity index (χ4n) is 2.20. The molecular formula is C17H21NO4S. The molecule has 2 aromatic rings. The standard InChI is InChI=1S/C17H21NO4S/c1-13-4-7-16(8-5-13)23(19,20)18-11-10-14-12-15(21-2)6-9-17(14)22-3/h4-9,12,18H,10-11H2,1-3H3. The van der Waals surface area contributed by atoms with Gasteiger partial charge in [0.2, 0.25) is 10.0 Å². The fourth-order valence-corrected chi connectivity index (χ4v) is 3.23. The van der Waals surface area contributed by atoms with Crippen LogP contribution in [0.2, 0.25) is 0 Å². The van der Waals surface area contributed by atoms with Gasteiger partial charge in [0, 0.05) is 6.54 Å². The smallest absolute Gasteiger partial charge is 0.240 e. The van der Waals surface area contributed by atoms with Crippen LogP contribution in [0.15, 0.2) is 47.4 Å². The Morgan fingerprint density at radius 1 is 1.00 bits per heavy atom. The summed E-state index contributed by atoms with van der Waals surface area (Å²) in [5.74, 6) is 1.42. The number of hydrogen-bond acceptors (Lipinski definition) is 4. The first-order chi connectivity index (χ1) is 11.0. The molecule has 0 atom stereocenters. The second-order valence-electron chi connectivity index (χ2n) is 5.14. The molecule has 0 aliphatic carbocycles. The summed E-state index contributed by atoms with van der Waals surface area (Å²) >= 11 is 0. The lowest BCUT2D eigenvalue weighted by atomic mass is 10.1. The zero-order valence-electron chi connectivity index (χ0n) is 13.5. The lowest BCUT2D eigenvalue weighted by Crippen LogP contribution is -2.26. The van der Waals surface area contributed by atoms with Crippen LogP contribution in [0.25, 0.3) is 0 Å². The highest BCUT2D eigenvalue weighted by Gasteiger charge is 2.13. The van der Waals surface area contributed by atoms with E-state index in [2.05, 4.69) is 4.72 Å². The van der Waals surface area contributed by atoms with E-state index in [1.165, 1.54) is 0 Å². The first-order valence-corrected chi connectivity index (χ1v) is 8.72. The maximum atomic E-state index is 12.2. The molecule has 0 heterocycles. The van der Waals surface area contributed by atoms with Crippen LogP contribution >= 0.6 is 0 Å². The molecule has 0 radical (unpaired) electrons. The average molecular weight is 335 g/mol. The highest BCUT2D eigenvalue weighted by molar-refractivity contribution is 7.89. The van der Waals surface area contributed by atoms with Gasteiger partial charge < -0.3 is 9.47 Å². The number of rotatable bonds is 7. The molecule has 1 N–H and O–H groups in total. The third-order valence-corrected chi connectivity index (χ3v) is 4.98. The van der Waals surface area contributed by atoms with Crippen molar-refractivity contribution in [2.45, 2.75) is 18.2 Å². The zero-order chi connectivity index (χ0) is 16.9. The summed E-state index contributed by atoms with van der Waals surface area (Å²) in [4.78, 5) is 0.265. The minimum atomic E-state index is -3.50. The van der Waals surface area contributed by atoms with Crippen molar-refractivity contribution >= 4 is 10.0 Å². The second kappa shape index (κ2) is 7.48. The van der Waals surface area contributed by atoms with Crippen LogP contribution < -0.4 is 14.2 Å². The summed E-state index contributed by atoms with van der Waals surface area (Å²) in [5.41, 5.74) is 1.91. The molecule has 0 saturated heterocycles. The number of sulfonamides is 1. The van der Waals surface area contributed by atoms with Gasteiger partial charge >= 0.3 is 0 Å². The van der Waals surface area contributed by atoms with Gasteiger partial charge in [0.25, 0.3) is 0 Å². The minimum Gasteiger partial charge on any atom is -0.497 e. The molecule has 0 aliphatic heterocycles. The van der Waals surface area contributed by atoms with Gasteiger partial charge in [0.1, 0.15) is 11.5 Å². The molecule has 6 heteroatoms. The molecule has 0 amide bonds. The Hall–Kier alpha value is -2.05. The van der Waals surface area contributed by atoms with E-state index >= 15 is 0 Å². The fraction of sp³-hybridized carbons (Fsp3) is 0.294. The molecular weight excluding hydrogens is 314 g/mol. The number of benzene rings is 2. The van der Waals surface area contributed by atoms with E-state index in [0.29, 0.717) is 17.9 Å². The van der Waals surface area contributed by atoms with Crippen LogP contribution in [0, 0.1) is 6.92 Å². The van der Waals surface area contributed by atoms with E-state index in [-0.39, 0.29) is 11.4 Å². The second-order valence-corrected chi connectivity index (χ2v) is 6.91. The average Bonchev–Trinajstić information content (AvgIpc) is 2.55. The summed E-state index contributed by atoms with van der Waals surface area (Å²) in [6, 6.07) is 12.2. The number of nitrogens with one attached hydrogen (secondary N) is 1. The molecule has 2 aromatic carbocycles. The molecule has 0 bridgehead atoms. The summed E-state index contributed by atoms with van der Waals surface area (Å²) in [5, 5.41) is 0. The highest BCUT2D eigenvalue weighted by atomic mass is 32.2. The Morgan fingerprint density at radius 3 is 2.30 bits per heavy atom. The number of methoxy groups -OCH3 is 2. The maximum absolute atomic E-state index is 12.2. The predicted molar refractivity (Wildman–Crippen MR) is 89.6 cm³/mol. The van der Waals surface area contributed by atoms with Gasteiger partial charge in [-0.3, -0.25) is 0 Å². The van der Waals surface area contributed by atoms with Crippen LogP contribution in [0.5, 0.6) is 11.5 Å². The van der Waals surface area contributed by atoms with Crippen LogP contribution in [-0.4, -0.2) is 29.2 Å². The number of aryl methyl sites for hydroxylation is 1. The van der Waals surface area contributed by atoms with E-state index in [0.717, 1.165) is 11.1 Å². The van der Waals surface area contributed by atoms with Crippen molar-refractivity contribution in [3.8, 4) is 11.5 Å². The first kappa shape index (κ1) is 17.3. The Labute approximate surface area is 137 Å². The van der Waals surface area contributed by atoms with Crippen LogP contribution in [0.4, 0.5) is 0 Å². The van der Waals surface area contributed by atoms with Gasteiger partial charge in [-0.05, 0) is 49.2 Å². The summed E-state index contributed by atoms with van der Waals surface area (Å²) in [6.45, 7) is 2.19. The van der Waals surface area contributed by atoms with Crippen LogP contribution in [-0.2, 0) is 16.4 Å². The van der Waals surface area contributed by atoms with Gasteiger partial charge in [-0.25, -0.2) is 13.1 Å². The van der Waals surface area contributed by atoms with Crippen molar-refractivity contribution in [2.75, 3.05) is 20.8 Å². The molecule has 0 unspecified atom stereocenters. The number of ether oxygens (including phenoxy) is 2. The van der Waals surface area contributed by atoms with E-state index in [1.54, 1.807) is 44.6 Å². The molecule has 0 saturated carbocycles.